The Morgan fingerprint density at radius 1 is 1.22 bits per heavy atom. The predicted molar refractivity (Wildman–Crippen MR) is 88.2 cm³/mol. The van der Waals surface area contributed by atoms with Crippen LogP contribution in [0.2, 0.25) is 0 Å². The molecule has 3 rings (SSSR count). The van der Waals surface area contributed by atoms with Crippen LogP contribution in [0.4, 0.5) is 0 Å². The van der Waals surface area contributed by atoms with Crippen molar-refractivity contribution in [1.82, 2.24) is 10.3 Å². The van der Waals surface area contributed by atoms with E-state index >= 15 is 0 Å². The van der Waals surface area contributed by atoms with Gasteiger partial charge in [-0.1, -0.05) is 37.5 Å². The van der Waals surface area contributed by atoms with E-state index in [1.807, 2.05) is 24.3 Å². The number of hydrogen-bond acceptors (Lipinski definition) is 3. The molecule has 0 radical (unpaired) electrons. The maximum absolute atomic E-state index is 12.3. The average molecular weight is 314 g/mol. The lowest BCUT2D eigenvalue weighted by Crippen LogP contribution is -2.42. The van der Waals surface area contributed by atoms with Crippen LogP contribution in [0.1, 0.15) is 49.4 Å². The van der Waals surface area contributed by atoms with Crippen molar-refractivity contribution in [1.29, 1.82) is 0 Å². The zero-order chi connectivity index (χ0) is 16.2. The van der Waals surface area contributed by atoms with Crippen molar-refractivity contribution in [2.45, 2.75) is 51.2 Å². The Hall–Kier alpha value is -2.30. The molecule has 1 aromatic carbocycles. The third-order valence-electron chi connectivity index (χ3n) is 4.41. The number of benzene rings is 1. The van der Waals surface area contributed by atoms with E-state index in [1.165, 1.54) is 6.42 Å². The van der Waals surface area contributed by atoms with Crippen molar-refractivity contribution in [3.8, 4) is 0 Å². The minimum absolute atomic E-state index is 0.213. The molecule has 1 atom stereocenters. The third kappa shape index (κ3) is 3.55. The van der Waals surface area contributed by atoms with Crippen LogP contribution in [-0.4, -0.2) is 29.0 Å². The van der Waals surface area contributed by atoms with Gasteiger partial charge in [0.25, 0.3) is 5.91 Å². The molecule has 5 nitrogen and oxygen atoms in total. The van der Waals surface area contributed by atoms with Gasteiger partial charge in [0.2, 0.25) is 0 Å². The molecule has 1 amide bonds. The summed E-state index contributed by atoms with van der Waals surface area (Å²) in [5.74, 6) is -0.696. The van der Waals surface area contributed by atoms with Gasteiger partial charge in [0.05, 0.1) is 5.56 Å². The summed E-state index contributed by atoms with van der Waals surface area (Å²) in [5.41, 5.74) is 1.33. The number of nitrogens with one attached hydrogen (secondary N) is 2. The van der Waals surface area contributed by atoms with Crippen LogP contribution in [0.5, 0.6) is 0 Å². The minimum atomic E-state index is -0.793. The number of para-hydroxylation sites is 1. The second-order valence-electron chi connectivity index (χ2n) is 6.14. The molecule has 1 aromatic heterocycles. The molecular formula is C18H22N2O3. The van der Waals surface area contributed by atoms with Gasteiger partial charge in [-0.15, -0.1) is 0 Å². The smallest absolute Gasteiger partial charge is 0.341 e. The number of hydrogen-bond donors (Lipinski definition) is 2. The molecule has 1 saturated carbocycles. The molecule has 2 N–H and O–H groups in total. The van der Waals surface area contributed by atoms with E-state index in [0.717, 1.165) is 36.6 Å². The fraction of sp³-hybridized carbons (Fsp3) is 0.444. The Bertz CT molecular complexity index is 701. The number of aromatic nitrogens is 1. The zero-order valence-electron chi connectivity index (χ0n) is 13.3. The number of fused-ring (bicyclic) bond motifs is 1. The monoisotopic (exact) mass is 314 g/mol. The van der Waals surface area contributed by atoms with Crippen molar-refractivity contribution in [2.75, 3.05) is 0 Å². The highest BCUT2D eigenvalue weighted by Gasteiger charge is 2.23. The van der Waals surface area contributed by atoms with E-state index in [2.05, 4.69) is 10.3 Å². The van der Waals surface area contributed by atoms with Crippen LogP contribution in [0, 0.1) is 0 Å². The number of rotatable bonds is 4. The topological polar surface area (TPSA) is 71.2 Å². The van der Waals surface area contributed by atoms with Gasteiger partial charge in [-0.05, 0) is 25.8 Å². The van der Waals surface area contributed by atoms with Crippen molar-refractivity contribution >= 4 is 22.8 Å². The van der Waals surface area contributed by atoms with Gasteiger partial charge in [-0.2, -0.15) is 0 Å². The van der Waals surface area contributed by atoms with Crippen LogP contribution in [0.15, 0.2) is 30.5 Å². The fourth-order valence-electron chi connectivity index (χ4n) is 3.08. The number of carbonyl (C=O) groups excluding carboxylic acids is 2. The van der Waals surface area contributed by atoms with E-state index in [1.54, 1.807) is 13.1 Å². The molecule has 0 spiro atoms. The molecule has 122 valence electrons. The third-order valence-corrected chi connectivity index (χ3v) is 4.41. The Morgan fingerprint density at radius 2 is 1.96 bits per heavy atom. The Balaban J connectivity index is 1.61. The molecule has 0 unspecified atom stereocenters. The number of H-pyrrole nitrogens is 1. The maximum atomic E-state index is 12.3. The van der Waals surface area contributed by atoms with Crippen LogP contribution in [-0.2, 0) is 9.53 Å². The fourth-order valence-corrected chi connectivity index (χ4v) is 3.08. The molecular weight excluding hydrogens is 292 g/mol. The summed E-state index contributed by atoms with van der Waals surface area (Å²) in [7, 11) is 0. The lowest BCUT2D eigenvalue weighted by Gasteiger charge is -2.24. The first-order valence-electron chi connectivity index (χ1n) is 8.22. The maximum Gasteiger partial charge on any atom is 0.341 e. The highest BCUT2D eigenvalue weighted by molar-refractivity contribution is 6.04. The summed E-state index contributed by atoms with van der Waals surface area (Å²) < 4.78 is 5.34. The summed E-state index contributed by atoms with van der Waals surface area (Å²) in [5, 5.41) is 3.79. The molecule has 2 aromatic rings. The van der Waals surface area contributed by atoms with Gasteiger partial charge >= 0.3 is 5.97 Å². The predicted octanol–water partition coefficient (Wildman–Crippen LogP) is 3.16. The number of esters is 1. The average Bonchev–Trinajstić information content (AvgIpc) is 2.99. The van der Waals surface area contributed by atoms with Crippen LogP contribution < -0.4 is 5.32 Å². The van der Waals surface area contributed by atoms with Gasteiger partial charge in [-0.25, -0.2) is 4.79 Å². The first-order chi connectivity index (χ1) is 11.1. The SMILES string of the molecule is C[C@@H](OC(=O)c1c[nH]c2ccccc12)C(=O)NC1CCCCC1. The Labute approximate surface area is 135 Å². The summed E-state index contributed by atoms with van der Waals surface area (Å²) in [6.45, 7) is 1.62. The molecule has 1 fully saturated rings. The van der Waals surface area contributed by atoms with Crippen LogP contribution in [0.3, 0.4) is 0 Å². The molecule has 0 bridgehead atoms. The second-order valence-corrected chi connectivity index (χ2v) is 6.14. The highest BCUT2D eigenvalue weighted by Crippen LogP contribution is 2.20. The Morgan fingerprint density at radius 3 is 2.74 bits per heavy atom. The molecule has 1 aliphatic rings. The normalized spacial score (nSPS) is 16.9. The van der Waals surface area contributed by atoms with E-state index in [-0.39, 0.29) is 11.9 Å². The summed E-state index contributed by atoms with van der Waals surface area (Å²) in [6.07, 6.45) is 6.38. The van der Waals surface area contributed by atoms with E-state index < -0.39 is 12.1 Å². The van der Waals surface area contributed by atoms with E-state index in [9.17, 15) is 9.59 Å². The van der Waals surface area contributed by atoms with Gasteiger partial charge in [0, 0.05) is 23.1 Å². The van der Waals surface area contributed by atoms with Crippen molar-refractivity contribution in [3.63, 3.8) is 0 Å². The molecule has 23 heavy (non-hydrogen) atoms. The molecule has 0 saturated heterocycles. The van der Waals surface area contributed by atoms with Gasteiger partial charge in [0.1, 0.15) is 0 Å². The van der Waals surface area contributed by atoms with E-state index in [4.69, 9.17) is 4.74 Å². The number of amides is 1. The van der Waals surface area contributed by atoms with E-state index in [0.29, 0.717) is 5.56 Å². The first kappa shape index (κ1) is 15.6. The quantitative estimate of drug-likeness (QED) is 0.852. The molecule has 5 heteroatoms. The minimum Gasteiger partial charge on any atom is -0.449 e. The zero-order valence-corrected chi connectivity index (χ0v) is 13.3. The number of ether oxygens (including phenoxy) is 1. The molecule has 0 aliphatic heterocycles. The molecule has 1 heterocycles. The van der Waals surface area contributed by atoms with Gasteiger partial charge < -0.3 is 15.0 Å². The highest BCUT2D eigenvalue weighted by atomic mass is 16.5. The molecule has 1 aliphatic carbocycles. The van der Waals surface area contributed by atoms with Crippen molar-refractivity contribution in [2.24, 2.45) is 0 Å². The lowest BCUT2D eigenvalue weighted by atomic mass is 9.95. The van der Waals surface area contributed by atoms with Crippen molar-refractivity contribution < 1.29 is 14.3 Å². The Kier molecular flexibility index (Phi) is 4.65. The lowest BCUT2D eigenvalue weighted by molar-refractivity contribution is -0.130. The van der Waals surface area contributed by atoms with Crippen LogP contribution in [0.25, 0.3) is 10.9 Å². The first-order valence-corrected chi connectivity index (χ1v) is 8.22. The number of carbonyl (C=O) groups is 2. The standard InChI is InChI=1S/C18H22N2O3/c1-12(17(21)20-13-7-3-2-4-8-13)23-18(22)15-11-19-16-10-6-5-9-14(15)16/h5-6,9-13,19H,2-4,7-8H2,1H3,(H,20,21)/t12-/m1/s1. The summed E-state index contributed by atoms with van der Waals surface area (Å²) in [4.78, 5) is 27.5. The second kappa shape index (κ2) is 6.86. The van der Waals surface area contributed by atoms with Crippen LogP contribution >= 0.6 is 0 Å². The largest absolute Gasteiger partial charge is 0.449 e. The van der Waals surface area contributed by atoms with Gasteiger partial charge in [0.15, 0.2) is 6.10 Å². The summed E-state index contributed by atoms with van der Waals surface area (Å²) in [6, 6.07) is 7.73. The van der Waals surface area contributed by atoms with Gasteiger partial charge in [-0.3, -0.25) is 4.79 Å². The summed E-state index contributed by atoms with van der Waals surface area (Å²) >= 11 is 0. The van der Waals surface area contributed by atoms with Crippen molar-refractivity contribution in [3.05, 3.63) is 36.0 Å². The number of aromatic amines is 1.